The van der Waals surface area contributed by atoms with Gasteiger partial charge in [-0.2, -0.15) is 0 Å². The molecule has 6 nitrogen and oxygen atoms in total. The highest BCUT2D eigenvalue weighted by Crippen LogP contribution is 2.57. The average Bonchev–Trinajstić information content (AvgIpc) is 2.99. The number of fused-ring (bicyclic) bond motifs is 4. The van der Waals surface area contributed by atoms with Crippen molar-refractivity contribution in [1.82, 2.24) is 0 Å². The minimum Gasteiger partial charge on any atom is -0.507 e. The van der Waals surface area contributed by atoms with Gasteiger partial charge >= 0.3 is 0 Å². The molecule has 3 aliphatic rings. The molecule has 2 atom stereocenters. The summed E-state index contributed by atoms with van der Waals surface area (Å²) in [5.41, 5.74) is -1.45. The molecule has 0 aliphatic heterocycles. The number of allylic oxidation sites excluding steroid dienone is 2. The summed E-state index contributed by atoms with van der Waals surface area (Å²) in [7, 11) is 0. The number of ketones is 4. The Morgan fingerprint density at radius 2 is 1.46 bits per heavy atom. The molecule has 3 aliphatic carbocycles. The van der Waals surface area contributed by atoms with Gasteiger partial charge in [0.15, 0.2) is 23.1 Å². The van der Waals surface area contributed by atoms with Gasteiger partial charge in [-0.05, 0) is 25.5 Å². The number of phenolic OH excluding ortho intramolecular Hbond substituents is 2. The fourth-order valence-electron chi connectivity index (χ4n) is 4.90. The number of rotatable bonds is 0. The zero-order chi connectivity index (χ0) is 20.0. The van der Waals surface area contributed by atoms with Gasteiger partial charge in [-0.25, -0.2) is 0 Å². The number of hydrogen-bond acceptors (Lipinski definition) is 6. The van der Waals surface area contributed by atoms with Crippen LogP contribution in [0.5, 0.6) is 11.5 Å². The molecule has 138 valence electrons. The Bertz CT molecular complexity index is 1200. The maximum atomic E-state index is 13.4. The zero-order valence-electron chi connectivity index (χ0n) is 14.8. The number of aromatic hydroxyl groups is 2. The molecule has 0 unspecified atom stereocenters. The minimum absolute atomic E-state index is 0.0103. The first-order valence-corrected chi connectivity index (χ1v) is 8.84. The van der Waals surface area contributed by atoms with Crippen molar-refractivity contribution in [1.29, 1.82) is 0 Å². The SMILES string of the molecule is C[C@@]12C(=O)c3cccc(O)c3C(=O)[C@@H]1CC1=C2C(=O)c2c(O)cccc2C1=O. The van der Waals surface area contributed by atoms with Gasteiger partial charge in [0.25, 0.3) is 0 Å². The zero-order valence-corrected chi connectivity index (χ0v) is 14.8. The van der Waals surface area contributed by atoms with Gasteiger partial charge in [-0.15, -0.1) is 0 Å². The van der Waals surface area contributed by atoms with Crippen LogP contribution in [0, 0.1) is 11.3 Å². The predicted octanol–water partition coefficient (Wildman–Crippen LogP) is 2.88. The summed E-state index contributed by atoms with van der Waals surface area (Å²) in [5, 5.41) is 20.3. The van der Waals surface area contributed by atoms with Gasteiger partial charge in [0.1, 0.15) is 11.5 Å². The molecule has 2 aromatic rings. The number of carbonyl (C=O) groups excluding carboxylic acids is 4. The van der Waals surface area contributed by atoms with Crippen molar-refractivity contribution >= 4 is 23.1 Å². The van der Waals surface area contributed by atoms with Gasteiger partial charge in [-0.3, -0.25) is 19.2 Å². The molecular weight excluding hydrogens is 360 g/mol. The van der Waals surface area contributed by atoms with E-state index in [1.54, 1.807) is 0 Å². The number of Topliss-reactive ketones (excluding diaryl/α,β-unsaturated/α-hetero) is 4. The largest absolute Gasteiger partial charge is 0.507 e. The maximum absolute atomic E-state index is 13.4. The van der Waals surface area contributed by atoms with E-state index in [-0.39, 0.29) is 51.3 Å². The summed E-state index contributed by atoms with van der Waals surface area (Å²) in [5.74, 6) is -3.56. The van der Waals surface area contributed by atoms with Gasteiger partial charge in [0, 0.05) is 28.2 Å². The molecule has 0 bridgehead atoms. The van der Waals surface area contributed by atoms with E-state index in [9.17, 15) is 29.4 Å². The summed E-state index contributed by atoms with van der Waals surface area (Å²) >= 11 is 0. The molecule has 0 saturated carbocycles. The van der Waals surface area contributed by atoms with Crippen LogP contribution in [0.1, 0.15) is 54.8 Å². The minimum atomic E-state index is -1.51. The summed E-state index contributed by atoms with van der Waals surface area (Å²) in [6, 6.07) is 8.47. The lowest BCUT2D eigenvalue weighted by Crippen LogP contribution is -2.45. The molecule has 2 aromatic carbocycles. The Morgan fingerprint density at radius 1 is 0.857 bits per heavy atom. The summed E-state index contributed by atoms with van der Waals surface area (Å²) in [6.07, 6.45) is -0.0517. The first-order chi connectivity index (χ1) is 13.3. The van der Waals surface area contributed by atoms with Crippen LogP contribution in [0.3, 0.4) is 0 Å². The van der Waals surface area contributed by atoms with E-state index in [0.29, 0.717) is 0 Å². The lowest BCUT2D eigenvalue weighted by atomic mass is 9.61. The van der Waals surface area contributed by atoms with Crippen molar-refractivity contribution in [2.75, 3.05) is 0 Å². The van der Waals surface area contributed by atoms with Crippen LogP contribution in [0.25, 0.3) is 0 Å². The number of benzene rings is 2. The number of hydrogen-bond donors (Lipinski definition) is 2. The maximum Gasteiger partial charge on any atom is 0.194 e. The molecule has 0 saturated heterocycles. The van der Waals surface area contributed by atoms with Gasteiger partial charge < -0.3 is 10.2 Å². The van der Waals surface area contributed by atoms with Crippen molar-refractivity contribution in [3.05, 3.63) is 69.8 Å². The van der Waals surface area contributed by atoms with E-state index in [1.807, 2.05) is 0 Å². The third-order valence-electron chi connectivity index (χ3n) is 6.26. The van der Waals surface area contributed by atoms with E-state index in [0.717, 1.165) is 0 Å². The van der Waals surface area contributed by atoms with Gasteiger partial charge in [0.2, 0.25) is 0 Å². The molecular formula is C22H14O6. The Kier molecular flexibility index (Phi) is 2.99. The number of phenols is 2. The Balaban J connectivity index is 1.78. The highest BCUT2D eigenvalue weighted by molar-refractivity contribution is 6.33. The highest BCUT2D eigenvalue weighted by atomic mass is 16.3. The third kappa shape index (κ3) is 1.68. The van der Waals surface area contributed by atoms with Crippen LogP contribution in [0.4, 0.5) is 0 Å². The van der Waals surface area contributed by atoms with Crippen LogP contribution >= 0.6 is 0 Å². The molecule has 0 radical (unpaired) electrons. The molecule has 0 heterocycles. The highest BCUT2D eigenvalue weighted by Gasteiger charge is 2.61. The van der Waals surface area contributed by atoms with Crippen LogP contribution < -0.4 is 0 Å². The smallest absolute Gasteiger partial charge is 0.194 e. The molecule has 0 fully saturated rings. The van der Waals surface area contributed by atoms with Crippen molar-refractivity contribution < 1.29 is 29.4 Å². The Hall–Kier alpha value is -3.54. The van der Waals surface area contributed by atoms with Crippen molar-refractivity contribution in [2.24, 2.45) is 11.3 Å². The summed E-state index contributed by atoms with van der Waals surface area (Å²) in [6.45, 7) is 1.50. The topological polar surface area (TPSA) is 109 Å². The second-order valence-corrected chi connectivity index (χ2v) is 7.56. The molecule has 2 N–H and O–H groups in total. The normalized spacial score (nSPS) is 25.4. The molecule has 0 aromatic heterocycles. The molecule has 0 amide bonds. The van der Waals surface area contributed by atoms with Gasteiger partial charge in [0.05, 0.1) is 16.5 Å². The third-order valence-corrected chi connectivity index (χ3v) is 6.26. The first kappa shape index (κ1) is 16.6. The first-order valence-electron chi connectivity index (χ1n) is 8.84. The van der Waals surface area contributed by atoms with Crippen molar-refractivity contribution in [3.63, 3.8) is 0 Å². The van der Waals surface area contributed by atoms with E-state index in [1.165, 1.54) is 43.3 Å². The summed E-state index contributed by atoms with van der Waals surface area (Å²) in [4.78, 5) is 52.9. The molecule has 28 heavy (non-hydrogen) atoms. The fraction of sp³-hybridized carbons (Fsp3) is 0.182. The second kappa shape index (κ2) is 5.04. The Morgan fingerprint density at radius 3 is 2.14 bits per heavy atom. The lowest BCUT2D eigenvalue weighted by molar-refractivity contribution is 0.0649. The van der Waals surface area contributed by atoms with Crippen LogP contribution in [0.15, 0.2) is 47.5 Å². The summed E-state index contributed by atoms with van der Waals surface area (Å²) < 4.78 is 0. The van der Waals surface area contributed by atoms with Crippen LogP contribution in [-0.4, -0.2) is 33.3 Å². The van der Waals surface area contributed by atoms with Crippen LogP contribution in [0.2, 0.25) is 0 Å². The van der Waals surface area contributed by atoms with E-state index in [4.69, 9.17) is 0 Å². The van der Waals surface area contributed by atoms with Crippen molar-refractivity contribution in [2.45, 2.75) is 13.3 Å². The Labute approximate surface area is 159 Å². The second-order valence-electron chi connectivity index (χ2n) is 7.56. The van der Waals surface area contributed by atoms with Crippen LogP contribution in [-0.2, 0) is 0 Å². The fourth-order valence-corrected chi connectivity index (χ4v) is 4.90. The monoisotopic (exact) mass is 374 g/mol. The number of carbonyl (C=O) groups is 4. The lowest BCUT2D eigenvalue weighted by Gasteiger charge is -2.37. The van der Waals surface area contributed by atoms with Crippen molar-refractivity contribution in [3.8, 4) is 11.5 Å². The van der Waals surface area contributed by atoms with E-state index < -0.39 is 34.5 Å². The predicted molar refractivity (Wildman–Crippen MR) is 96.8 cm³/mol. The molecule has 0 spiro atoms. The van der Waals surface area contributed by atoms with E-state index >= 15 is 0 Å². The van der Waals surface area contributed by atoms with Gasteiger partial charge in [-0.1, -0.05) is 24.3 Å². The standard InChI is InChI=1S/C22H14O6/c1-22-12(19(26)16-10(21(22)28)5-3-7-14(16)24)8-11-17(22)20(27)15-9(18(11)25)4-2-6-13(15)23/h2-7,12,23-24H,8H2,1H3/t12-,22+/m0/s1. The molecule has 5 rings (SSSR count). The molecule has 6 heteroatoms. The average molecular weight is 374 g/mol. The van der Waals surface area contributed by atoms with E-state index in [2.05, 4.69) is 0 Å². The quantitative estimate of drug-likeness (QED) is 0.734.